The van der Waals surface area contributed by atoms with Gasteiger partial charge in [0.15, 0.2) is 0 Å². The Labute approximate surface area is 107 Å². The van der Waals surface area contributed by atoms with Gasteiger partial charge in [0.2, 0.25) is 0 Å². The molecule has 0 saturated carbocycles. The fourth-order valence-corrected chi connectivity index (χ4v) is 2.64. The van der Waals surface area contributed by atoms with Gasteiger partial charge < -0.3 is 10.1 Å². The first-order valence-electron chi connectivity index (χ1n) is 7.16. The molecule has 0 spiro atoms. The number of hydrogen-bond acceptors (Lipinski definition) is 3. The molecule has 0 aliphatic carbocycles. The zero-order valence-electron chi connectivity index (χ0n) is 12.2. The first kappa shape index (κ1) is 14.9. The molecule has 1 N–H and O–H groups in total. The minimum atomic E-state index is 0.526. The number of ether oxygens (including phenoxy) is 1. The average Bonchev–Trinajstić information content (AvgIpc) is 2.34. The monoisotopic (exact) mass is 242 g/mol. The summed E-state index contributed by atoms with van der Waals surface area (Å²) in [5.74, 6) is 0.699. The van der Waals surface area contributed by atoms with Crippen molar-refractivity contribution in [2.24, 2.45) is 5.92 Å². The van der Waals surface area contributed by atoms with Crippen molar-refractivity contribution in [2.75, 3.05) is 26.3 Å². The van der Waals surface area contributed by atoms with Gasteiger partial charge in [0.25, 0.3) is 0 Å². The number of rotatable bonds is 6. The van der Waals surface area contributed by atoms with Crippen LogP contribution in [0.15, 0.2) is 0 Å². The summed E-state index contributed by atoms with van der Waals surface area (Å²) in [5, 5.41) is 3.66. The second-order valence-electron chi connectivity index (χ2n) is 5.53. The second-order valence-corrected chi connectivity index (χ2v) is 5.53. The van der Waals surface area contributed by atoms with Crippen molar-refractivity contribution in [1.82, 2.24) is 10.2 Å². The highest BCUT2D eigenvalue weighted by molar-refractivity contribution is 4.89. The molecule has 1 aliphatic rings. The van der Waals surface area contributed by atoms with E-state index < -0.39 is 0 Å². The smallest absolute Gasteiger partial charge is 0.0619 e. The van der Waals surface area contributed by atoms with Gasteiger partial charge in [0, 0.05) is 37.8 Å². The summed E-state index contributed by atoms with van der Waals surface area (Å²) in [7, 11) is 0. The van der Waals surface area contributed by atoms with Gasteiger partial charge in [-0.25, -0.2) is 0 Å². The van der Waals surface area contributed by atoms with Crippen molar-refractivity contribution >= 4 is 0 Å². The van der Waals surface area contributed by atoms with Crippen molar-refractivity contribution in [3.63, 3.8) is 0 Å². The maximum atomic E-state index is 5.58. The van der Waals surface area contributed by atoms with Crippen LogP contribution in [-0.4, -0.2) is 49.3 Å². The van der Waals surface area contributed by atoms with Crippen molar-refractivity contribution < 1.29 is 4.74 Å². The van der Waals surface area contributed by atoms with E-state index in [1.165, 1.54) is 6.42 Å². The van der Waals surface area contributed by atoms with Gasteiger partial charge in [-0.15, -0.1) is 0 Å². The summed E-state index contributed by atoms with van der Waals surface area (Å²) in [4.78, 5) is 2.64. The molecule has 3 atom stereocenters. The highest BCUT2D eigenvalue weighted by Gasteiger charge is 2.31. The Balaban J connectivity index is 2.59. The third kappa shape index (κ3) is 4.23. The summed E-state index contributed by atoms with van der Waals surface area (Å²) in [5.41, 5.74) is 0. The largest absolute Gasteiger partial charge is 0.380 e. The van der Waals surface area contributed by atoms with Gasteiger partial charge in [-0.1, -0.05) is 20.8 Å². The van der Waals surface area contributed by atoms with Crippen molar-refractivity contribution in [2.45, 2.75) is 59.2 Å². The van der Waals surface area contributed by atoms with Crippen LogP contribution in [0, 0.1) is 5.92 Å². The Morgan fingerprint density at radius 2 is 2.00 bits per heavy atom. The maximum Gasteiger partial charge on any atom is 0.0619 e. The topological polar surface area (TPSA) is 24.5 Å². The van der Waals surface area contributed by atoms with E-state index in [0.717, 1.165) is 26.3 Å². The Morgan fingerprint density at radius 3 is 2.53 bits per heavy atom. The van der Waals surface area contributed by atoms with Crippen molar-refractivity contribution in [3.8, 4) is 0 Å². The molecule has 1 aliphatic heterocycles. The van der Waals surface area contributed by atoms with E-state index in [-0.39, 0.29) is 0 Å². The zero-order valence-corrected chi connectivity index (χ0v) is 12.2. The van der Waals surface area contributed by atoms with Crippen LogP contribution in [0.4, 0.5) is 0 Å². The molecular weight excluding hydrogens is 212 g/mol. The van der Waals surface area contributed by atoms with Gasteiger partial charge in [-0.05, 0) is 26.2 Å². The molecule has 3 nitrogen and oxygen atoms in total. The molecule has 0 aromatic rings. The van der Waals surface area contributed by atoms with Crippen LogP contribution in [0.25, 0.3) is 0 Å². The quantitative estimate of drug-likeness (QED) is 0.772. The van der Waals surface area contributed by atoms with E-state index in [9.17, 15) is 0 Å². The van der Waals surface area contributed by atoms with Crippen molar-refractivity contribution in [1.29, 1.82) is 0 Å². The van der Waals surface area contributed by atoms with Crippen LogP contribution in [0.1, 0.15) is 41.0 Å². The molecule has 0 bridgehead atoms. The standard InChI is InChI=1S/C14H30N2O/c1-6-13-9-16(12(5)10-17-7-2)14(8-15-13)11(3)4/h11-15H,6-10H2,1-5H3. The summed E-state index contributed by atoms with van der Waals surface area (Å²) >= 11 is 0. The predicted octanol–water partition coefficient (Wildman–Crippen LogP) is 2.12. The molecule has 3 heteroatoms. The molecule has 0 amide bonds. The van der Waals surface area contributed by atoms with Gasteiger partial charge in [0.05, 0.1) is 6.61 Å². The van der Waals surface area contributed by atoms with E-state index >= 15 is 0 Å². The van der Waals surface area contributed by atoms with E-state index in [1.807, 2.05) is 0 Å². The summed E-state index contributed by atoms with van der Waals surface area (Å²) in [6.45, 7) is 15.2. The molecule has 0 aromatic heterocycles. The molecule has 1 saturated heterocycles. The number of piperazine rings is 1. The van der Waals surface area contributed by atoms with Gasteiger partial charge in [-0.3, -0.25) is 4.90 Å². The van der Waals surface area contributed by atoms with Crippen LogP contribution < -0.4 is 5.32 Å². The van der Waals surface area contributed by atoms with Gasteiger partial charge in [-0.2, -0.15) is 0 Å². The van der Waals surface area contributed by atoms with E-state index in [1.54, 1.807) is 0 Å². The summed E-state index contributed by atoms with van der Waals surface area (Å²) < 4.78 is 5.58. The Hall–Kier alpha value is -0.120. The molecule has 102 valence electrons. The lowest BCUT2D eigenvalue weighted by molar-refractivity contribution is 0.0134. The highest BCUT2D eigenvalue weighted by Crippen LogP contribution is 2.19. The minimum absolute atomic E-state index is 0.526. The average molecular weight is 242 g/mol. The lowest BCUT2D eigenvalue weighted by Crippen LogP contribution is -2.61. The van der Waals surface area contributed by atoms with Crippen LogP contribution in [0.3, 0.4) is 0 Å². The summed E-state index contributed by atoms with van der Waals surface area (Å²) in [6.07, 6.45) is 1.21. The van der Waals surface area contributed by atoms with Crippen molar-refractivity contribution in [3.05, 3.63) is 0 Å². The van der Waals surface area contributed by atoms with E-state index in [4.69, 9.17) is 4.74 Å². The Morgan fingerprint density at radius 1 is 1.29 bits per heavy atom. The molecule has 1 heterocycles. The maximum absolute atomic E-state index is 5.58. The lowest BCUT2D eigenvalue weighted by atomic mass is 9.96. The van der Waals surface area contributed by atoms with Gasteiger partial charge >= 0.3 is 0 Å². The highest BCUT2D eigenvalue weighted by atomic mass is 16.5. The van der Waals surface area contributed by atoms with Crippen LogP contribution in [0.5, 0.6) is 0 Å². The molecular formula is C14H30N2O. The predicted molar refractivity (Wildman–Crippen MR) is 73.4 cm³/mol. The van der Waals surface area contributed by atoms with Gasteiger partial charge in [0.1, 0.15) is 0 Å². The molecule has 3 unspecified atom stereocenters. The fraction of sp³-hybridized carbons (Fsp3) is 1.00. The molecule has 0 radical (unpaired) electrons. The molecule has 0 aromatic carbocycles. The Bertz CT molecular complexity index is 208. The van der Waals surface area contributed by atoms with E-state index in [2.05, 4.69) is 44.8 Å². The number of hydrogen-bond donors (Lipinski definition) is 1. The first-order chi connectivity index (χ1) is 8.10. The minimum Gasteiger partial charge on any atom is -0.380 e. The molecule has 17 heavy (non-hydrogen) atoms. The lowest BCUT2D eigenvalue weighted by Gasteiger charge is -2.45. The van der Waals surface area contributed by atoms with E-state index in [0.29, 0.717) is 24.0 Å². The number of nitrogens with one attached hydrogen (secondary N) is 1. The first-order valence-corrected chi connectivity index (χ1v) is 7.16. The normalized spacial score (nSPS) is 28.6. The fourth-order valence-electron chi connectivity index (χ4n) is 2.64. The third-order valence-corrected chi connectivity index (χ3v) is 3.86. The van der Waals surface area contributed by atoms with Crippen LogP contribution in [0.2, 0.25) is 0 Å². The van der Waals surface area contributed by atoms with Crippen LogP contribution in [-0.2, 0) is 4.74 Å². The zero-order chi connectivity index (χ0) is 12.8. The summed E-state index contributed by atoms with van der Waals surface area (Å²) in [6, 6.07) is 1.82. The third-order valence-electron chi connectivity index (χ3n) is 3.86. The SMILES string of the molecule is CCOCC(C)N1CC(CC)NCC1C(C)C. The molecule has 1 rings (SSSR count). The molecule has 1 fully saturated rings. The van der Waals surface area contributed by atoms with Crippen LogP contribution >= 0.6 is 0 Å². The second kappa shape index (κ2) is 7.34. The number of nitrogens with zero attached hydrogens (tertiary/aromatic N) is 1. The Kier molecular flexibility index (Phi) is 6.45.